The van der Waals surface area contributed by atoms with E-state index in [0.717, 1.165) is 10.8 Å². The molecule has 1 aromatic rings. The summed E-state index contributed by atoms with van der Waals surface area (Å²) in [5, 5.41) is 8.07. The third-order valence-corrected chi connectivity index (χ3v) is 4.78. The molecule has 2 N–H and O–H groups in total. The molecule has 5 nitrogen and oxygen atoms in total. The molecule has 2 unspecified atom stereocenters. The van der Waals surface area contributed by atoms with Crippen molar-refractivity contribution < 1.29 is 9.53 Å². The number of rotatable bonds is 3. The third-order valence-electron chi connectivity index (χ3n) is 2.70. The lowest BCUT2D eigenvalue weighted by Gasteiger charge is -2.20. The van der Waals surface area contributed by atoms with Crippen LogP contribution in [0.1, 0.15) is 19.3 Å². The van der Waals surface area contributed by atoms with Gasteiger partial charge in [0.15, 0.2) is 4.34 Å². The minimum absolute atomic E-state index is 0.312. The highest BCUT2D eigenvalue weighted by Crippen LogP contribution is 2.39. The fourth-order valence-electron chi connectivity index (χ4n) is 1.88. The SMILES string of the molecule is COC(=O)C1(N)CCC(Sc2nncs2)C1. The van der Waals surface area contributed by atoms with Gasteiger partial charge in [-0.2, -0.15) is 0 Å². The molecule has 0 spiro atoms. The molecule has 1 heterocycles. The van der Waals surface area contributed by atoms with Crippen molar-refractivity contribution in [2.24, 2.45) is 5.73 Å². The molecule has 16 heavy (non-hydrogen) atoms. The van der Waals surface area contributed by atoms with Gasteiger partial charge in [-0.1, -0.05) is 23.1 Å². The van der Waals surface area contributed by atoms with Gasteiger partial charge >= 0.3 is 5.97 Å². The highest BCUT2D eigenvalue weighted by molar-refractivity contribution is 8.01. The molecule has 0 aromatic carbocycles. The maximum atomic E-state index is 11.5. The van der Waals surface area contributed by atoms with Gasteiger partial charge in [0.1, 0.15) is 11.0 Å². The number of carbonyl (C=O) groups is 1. The Bertz CT molecular complexity index is 371. The first-order chi connectivity index (χ1) is 7.64. The molecule has 0 amide bonds. The zero-order valence-corrected chi connectivity index (χ0v) is 10.5. The number of aromatic nitrogens is 2. The molecule has 0 radical (unpaired) electrons. The Kier molecular flexibility index (Phi) is 3.46. The van der Waals surface area contributed by atoms with Gasteiger partial charge in [-0.3, -0.25) is 4.79 Å². The molecule has 1 fully saturated rings. The summed E-state index contributed by atoms with van der Waals surface area (Å²) in [6.07, 6.45) is 2.23. The number of hydrogen-bond acceptors (Lipinski definition) is 7. The number of methoxy groups -OCH3 is 1. The van der Waals surface area contributed by atoms with Gasteiger partial charge in [-0.25, -0.2) is 0 Å². The van der Waals surface area contributed by atoms with Crippen molar-refractivity contribution >= 4 is 29.1 Å². The summed E-state index contributed by atoms with van der Waals surface area (Å²) >= 11 is 3.15. The predicted molar refractivity (Wildman–Crippen MR) is 62.3 cm³/mol. The Morgan fingerprint density at radius 3 is 3.25 bits per heavy atom. The highest BCUT2D eigenvalue weighted by Gasteiger charge is 2.43. The molecule has 7 heteroatoms. The van der Waals surface area contributed by atoms with Crippen molar-refractivity contribution in [2.45, 2.75) is 34.4 Å². The standard InChI is InChI=1S/C9H13N3O2S2/c1-14-7(13)9(10)3-2-6(4-9)16-8-12-11-5-15-8/h5-6H,2-4,10H2,1H3. The molecule has 1 aliphatic rings. The first-order valence-electron chi connectivity index (χ1n) is 4.94. The van der Waals surface area contributed by atoms with E-state index in [0.29, 0.717) is 18.1 Å². The van der Waals surface area contributed by atoms with Crippen LogP contribution in [0.5, 0.6) is 0 Å². The van der Waals surface area contributed by atoms with Crippen molar-refractivity contribution in [3.8, 4) is 0 Å². The van der Waals surface area contributed by atoms with Crippen molar-refractivity contribution in [1.29, 1.82) is 0 Å². The number of thioether (sulfide) groups is 1. The van der Waals surface area contributed by atoms with Gasteiger partial charge in [0.2, 0.25) is 0 Å². The third kappa shape index (κ3) is 2.36. The van der Waals surface area contributed by atoms with Crippen molar-refractivity contribution in [1.82, 2.24) is 10.2 Å². The van der Waals surface area contributed by atoms with Crippen LogP contribution in [0.3, 0.4) is 0 Å². The largest absolute Gasteiger partial charge is 0.468 e. The Labute approximate surface area is 102 Å². The Morgan fingerprint density at radius 1 is 1.81 bits per heavy atom. The second-order valence-electron chi connectivity index (χ2n) is 3.84. The van der Waals surface area contributed by atoms with Gasteiger partial charge in [0, 0.05) is 5.25 Å². The fourth-order valence-corrected chi connectivity index (χ4v) is 3.91. The minimum Gasteiger partial charge on any atom is -0.468 e. The van der Waals surface area contributed by atoms with E-state index in [4.69, 9.17) is 10.5 Å². The van der Waals surface area contributed by atoms with E-state index in [1.807, 2.05) is 0 Å². The summed E-state index contributed by atoms with van der Waals surface area (Å²) in [5.41, 5.74) is 6.91. The molecule has 88 valence electrons. The molecule has 1 aromatic heterocycles. The molecule has 0 aliphatic heterocycles. The number of hydrogen-bond donors (Lipinski definition) is 1. The summed E-state index contributed by atoms with van der Waals surface area (Å²) in [4.78, 5) is 11.5. The van der Waals surface area contributed by atoms with Crippen LogP contribution in [0.25, 0.3) is 0 Å². The van der Waals surface area contributed by atoms with Crippen molar-refractivity contribution in [3.63, 3.8) is 0 Å². The van der Waals surface area contributed by atoms with Crippen molar-refractivity contribution in [2.75, 3.05) is 7.11 Å². The number of esters is 1. The van der Waals surface area contributed by atoms with Gasteiger partial charge < -0.3 is 10.5 Å². The molecule has 0 bridgehead atoms. The molecule has 1 aliphatic carbocycles. The monoisotopic (exact) mass is 259 g/mol. The van der Waals surface area contributed by atoms with Crippen LogP contribution in [0, 0.1) is 0 Å². The minimum atomic E-state index is -0.808. The Balaban J connectivity index is 1.95. The lowest BCUT2D eigenvalue weighted by Crippen LogP contribution is -2.46. The van der Waals surface area contributed by atoms with Gasteiger partial charge in [0.25, 0.3) is 0 Å². The number of ether oxygens (including phenoxy) is 1. The summed E-state index contributed by atoms with van der Waals surface area (Å²) in [7, 11) is 1.38. The number of carbonyl (C=O) groups excluding carboxylic acids is 1. The van der Waals surface area contributed by atoms with Crippen LogP contribution in [0.4, 0.5) is 0 Å². The van der Waals surface area contributed by atoms with Crippen LogP contribution in [-0.4, -0.2) is 34.1 Å². The van der Waals surface area contributed by atoms with Gasteiger partial charge in [0.05, 0.1) is 7.11 Å². The van der Waals surface area contributed by atoms with Gasteiger partial charge in [-0.05, 0) is 19.3 Å². The summed E-state index contributed by atoms with van der Waals surface area (Å²) in [5.74, 6) is -0.312. The van der Waals surface area contributed by atoms with E-state index in [1.165, 1.54) is 18.4 Å². The molecule has 2 rings (SSSR count). The number of nitrogens with zero attached hydrogens (tertiary/aromatic N) is 2. The fraction of sp³-hybridized carbons (Fsp3) is 0.667. The molecule has 2 atom stereocenters. The van der Waals surface area contributed by atoms with E-state index in [1.54, 1.807) is 17.3 Å². The molecule has 0 saturated heterocycles. The average molecular weight is 259 g/mol. The molecule has 1 saturated carbocycles. The lowest BCUT2D eigenvalue weighted by atomic mass is 10.00. The topological polar surface area (TPSA) is 78.1 Å². The predicted octanol–water partition coefficient (Wildman–Crippen LogP) is 1.05. The molecular formula is C9H13N3O2S2. The quantitative estimate of drug-likeness (QED) is 0.818. The average Bonchev–Trinajstić information content (AvgIpc) is 2.89. The Hall–Kier alpha value is -0.660. The lowest BCUT2D eigenvalue weighted by molar-refractivity contribution is -0.146. The first kappa shape index (κ1) is 11.8. The zero-order chi connectivity index (χ0) is 11.6. The maximum Gasteiger partial charge on any atom is 0.325 e. The van der Waals surface area contributed by atoms with Crippen LogP contribution in [0.2, 0.25) is 0 Å². The summed E-state index contributed by atoms with van der Waals surface area (Å²) in [6, 6.07) is 0. The van der Waals surface area contributed by atoms with Crippen LogP contribution >= 0.6 is 23.1 Å². The molecular weight excluding hydrogens is 246 g/mol. The van der Waals surface area contributed by atoms with E-state index in [-0.39, 0.29) is 5.97 Å². The van der Waals surface area contributed by atoms with Crippen LogP contribution in [0.15, 0.2) is 9.85 Å². The second kappa shape index (κ2) is 4.68. The van der Waals surface area contributed by atoms with Crippen LogP contribution in [-0.2, 0) is 9.53 Å². The summed E-state index contributed by atoms with van der Waals surface area (Å²) < 4.78 is 5.65. The van der Waals surface area contributed by atoms with E-state index < -0.39 is 5.54 Å². The smallest absolute Gasteiger partial charge is 0.325 e. The second-order valence-corrected chi connectivity index (χ2v) is 6.22. The normalized spacial score (nSPS) is 29.2. The first-order valence-corrected chi connectivity index (χ1v) is 6.70. The zero-order valence-electron chi connectivity index (χ0n) is 8.88. The Morgan fingerprint density at radius 2 is 2.62 bits per heavy atom. The van der Waals surface area contributed by atoms with E-state index >= 15 is 0 Å². The maximum absolute atomic E-state index is 11.5. The summed E-state index contributed by atoms with van der Waals surface area (Å²) in [6.45, 7) is 0. The highest BCUT2D eigenvalue weighted by atomic mass is 32.2. The van der Waals surface area contributed by atoms with Crippen LogP contribution < -0.4 is 5.73 Å². The van der Waals surface area contributed by atoms with Crippen molar-refractivity contribution in [3.05, 3.63) is 5.51 Å². The number of nitrogens with two attached hydrogens (primary N) is 1. The van der Waals surface area contributed by atoms with E-state index in [2.05, 4.69) is 10.2 Å². The van der Waals surface area contributed by atoms with Gasteiger partial charge in [-0.15, -0.1) is 10.2 Å². The van der Waals surface area contributed by atoms with E-state index in [9.17, 15) is 4.79 Å².